The molecule has 3 amide bonds. The SMILES string of the molecule is CSC[C@H](NC(=O)COc1cccc2ccccc12)C(=O)O[C@H](C(=O)N1CSC(C)(C)[C@H]1C(=O)NC(C)(C)C)[C@@H](N)Cc1ccccc1. The number of ether oxygens (including phenoxy) is 2. The Morgan fingerprint density at radius 3 is 2.38 bits per heavy atom. The third-order valence-electron chi connectivity index (χ3n) is 7.83. The molecule has 0 radical (unpaired) electrons. The van der Waals surface area contributed by atoms with Crippen molar-refractivity contribution in [3.63, 3.8) is 0 Å². The van der Waals surface area contributed by atoms with Crippen LogP contribution in [0.5, 0.6) is 5.75 Å². The molecule has 0 unspecified atom stereocenters. The molecule has 1 aliphatic heterocycles. The van der Waals surface area contributed by atoms with Crippen molar-refractivity contribution in [2.24, 2.45) is 5.73 Å². The summed E-state index contributed by atoms with van der Waals surface area (Å²) in [6.45, 7) is 9.12. The van der Waals surface area contributed by atoms with Crippen LogP contribution in [-0.4, -0.2) is 87.6 Å². The van der Waals surface area contributed by atoms with Gasteiger partial charge in [-0.05, 0) is 64.3 Å². The lowest BCUT2D eigenvalue weighted by Gasteiger charge is -2.35. The molecular weight excluding hydrogens is 649 g/mol. The number of benzene rings is 3. The number of esters is 1. The number of nitrogens with two attached hydrogens (primary N) is 1. The number of hydrogen-bond acceptors (Lipinski definition) is 9. The lowest BCUT2D eigenvalue weighted by atomic mass is 9.96. The van der Waals surface area contributed by atoms with E-state index in [-0.39, 0.29) is 30.6 Å². The number of carbonyl (C=O) groups is 4. The Bertz CT molecular complexity index is 1590. The fraction of sp³-hybridized carbons (Fsp3) is 0.444. The normalized spacial score (nSPS) is 17.6. The van der Waals surface area contributed by atoms with Gasteiger partial charge < -0.3 is 30.7 Å². The molecule has 1 heterocycles. The Kier molecular flexibility index (Phi) is 12.4. The summed E-state index contributed by atoms with van der Waals surface area (Å²) in [7, 11) is 0. The first-order valence-corrected chi connectivity index (χ1v) is 18.2. The number of hydrogen-bond donors (Lipinski definition) is 3. The van der Waals surface area contributed by atoms with Gasteiger partial charge in [0.1, 0.15) is 17.8 Å². The fourth-order valence-electron chi connectivity index (χ4n) is 5.57. The van der Waals surface area contributed by atoms with Gasteiger partial charge >= 0.3 is 5.97 Å². The van der Waals surface area contributed by atoms with Crippen LogP contribution in [0.2, 0.25) is 0 Å². The Morgan fingerprint density at radius 1 is 1.02 bits per heavy atom. The molecule has 1 saturated heterocycles. The highest BCUT2D eigenvalue weighted by Crippen LogP contribution is 2.40. The molecule has 0 saturated carbocycles. The number of carbonyl (C=O) groups excluding carboxylic acids is 4. The molecule has 0 spiro atoms. The standard InChI is InChI=1S/C36H46N4O6S2/c1-35(2,3)39-32(42)31-36(4,5)48-22-40(31)33(43)30(26(37)19-23-13-8-7-9-14-23)46-34(44)27(21-47-6)38-29(41)20-45-28-18-12-16-24-15-10-11-17-25(24)28/h7-18,26-27,30-31H,19-22,37H2,1-6H3,(H,38,41)(H,39,42)/t26-,27-,30-,31+/m0/s1. The molecule has 4 atom stereocenters. The van der Waals surface area contributed by atoms with E-state index in [9.17, 15) is 19.2 Å². The maximum absolute atomic E-state index is 14.3. The molecule has 258 valence electrons. The summed E-state index contributed by atoms with van der Waals surface area (Å²) in [6, 6.07) is 19.8. The van der Waals surface area contributed by atoms with Crippen molar-refractivity contribution >= 4 is 58.0 Å². The summed E-state index contributed by atoms with van der Waals surface area (Å²) in [5.41, 5.74) is 6.98. The van der Waals surface area contributed by atoms with Crippen LogP contribution in [0.3, 0.4) is 0 Å². The van der Waals surface area contributed by atoms with Crippen molar-refractivity contribution in [1.29, 1.82) is 0 Å². The first-order valence-electron chi connectivity index (χ1n) is 15.9. The summed E-state index contributed by atoms with van der Waals surface area (Å²) >= 11 is 2.80. The minimum absolute atomic E-state index is 0.191. The molecule has 4 N–H and O–H groups in total. The Labute approximate surface area is 291 Å². The number of amides is 3. The van der Waals surface area contributed by atoms with Crippen LogP contribution in [0.4, 0.5) is 0 Å². The van der Waals surface area contributed by atoms with Gasteiger partial charge in [0.2, 0.25) is 5.91 Å². The zero-order chi connectivity index (χ0) is 35.1. The third kappa shape index (κ3) is 9.67. The average Bonchev–Trinajstić information content (AvgIpc) is 3.36. The first kappa shape index (κ1) is 37.1. The maximum atomic E-state index is 14.3. The molecule has 1 aliphatic rings. The highest BCUT2D eigenvalue weighted by Gasteiger charge is 2.51. The van der Waals surface area contributed by atoms with E-state index in [1.54, 1.807) is 12.3 Å². The van der Waals surface area contributed by atoms with E-state index < -0.39 is 52.3 Å². The molecule has 4 rings (SSSR count). The van der Waals surface area contributed by atoms with Crippen LogP contribution in [0.15, 0.2) is 72.8 Å². The molecule has 0 bridgehead atoms. The van der Waals surface area contributed by atoms with Gasteiger partial charge in [0.05, 0.1) is 11.9 Å². The van der Waals surface area contributed by atoms with Crippen molar-refractivity contribution < 1.29 is 28.7 Å². The second-order valence-electron chi connectivity index (χ2n) is 13.4. The zero-order valence-electron chi connectivity index (χ0n) is 28.4. The van der Waals surface area contributed by atoms with Crippen LogP contribution >= 0.6 is 23.5 Å². The van der Waals surface area contributed by atoms with E-state index in [1.165, 1.54) is 28.4 Å². The largest absolute Gasteiger partial charge is 0.483 e. The number of rotatable bonds is 13. The van der Waals surface area contributed by atoms with Crippen molar-refractivity contribution in [1.82, 2.24) is 15.5 Å². The number of fused-ring (bicyclic) bond motifs is 1. The van der Waals surface area contributed by atoms with Gasteiger partial charge in [0.25, 0.3) is 11.8 Å². The van der Waals surface area contributed by atoms with E-state index in [0.717, 1.165) is 16.3 Å². The average molecular weight is 695 g/mol. The molecule has 12 heteroatoms. The van der Waals surface area contributed by atoms with Crippen LogP contribution in [0, 0.1) is 0 Å². The van der Waals surface area contributed by atoms with E-state index in [2.05, 4.69) is 10.6 Å². The number of thioether (sulfide) groups is 2. The van der Waals surface area contributed by atoms with Crippen LogP contribution in [-0.2, 0) is 30.3 Å². The molecule has 48 heavy (non-hydrogen) atoms. The monoisotopic (exact) mass is 694 g/mol. The summed E-state index contributed by atoms with van der Waals surface area (Å²) in [4.78, 5) is 56.1. The van der Waals surface area contributed by atoms with Gasteiger partial charge in [0.15, 0.2) is 12.7 Å². The van der Waals surface area contributed by atoms with E-state index in [4.69, 9.17) is 15.2 Å². The van der Waals surface area contributed by atoms with E-state index in [1.807, 2.05) is 101 Å². The maximum Gasteiger partial charge on any atom is 0.330 e. The lowest BCUT2D eigenvalue weighted by molar-refractivity contribution is -0.164. The topological polar surface area (TPSA) is 140 Å². The predicted molar refractivity (Wildman–Crippen MR) is 193 cm³/mol. The zero-order valence-corrected chi connectivity index (χ0v) is 30.0. The molecule has 3 aromatic carbocycles. The van der Waals surface area contributed by atoms with Crippen molar-refractivity contribution in [3.05, 3.63) is 78.4 Å². The Morgan fingerprint density at radius 2 is 1.69 bits per heavy atom. The van der Waals surface area contributed by atoms with Crippen LogP contribution in [0.25, 0.3) is 10.8 Å². The number of nitrogens with zero attached hydrogens (tertiary/aromatic N) is 1. The van der Waals surface area contributed by atoms with Crippen molar-refractivity contribution in [2.75, 3.05) is 24.5 Å². The molecule has 1 fully saturated rings. The summed E-state index contributed by atoms with van der Waals surface area (Å²) in [6.07, 6.45) is 0.627. The summed E-state index contributed by atoms with van der Waals surface area (Å²) in [5.74, 6) is -1.23. The lowest BCUT2D eigenvalue weighted by Crippen LogP contribution is -2.60. The van der Waals surface area contributed by atoms with Crippen LogP contribution in [0.1, 0.15) is 40.2 Å². The second-order valence-corrected chi connectivity index (χ2v) is 15.9. The van der Waals surface area contributed by atoms with Gasteiger partial charge in [-0.1, -0.05) is 66.7 Å². The second kappa shape index (κ2) is 16.1. The van der Waals surface area contributed by atoms with Gasteiger partial charge in [-0.3, -0.25) is 14.4 Å². The Hall–Kier alpha value is -3.74. The van der Waals surface area contributed by atoms with Gasteiger partial charge in [0, 0.05) is 21.4 Å². The minimum Gasteiger partial charge on any atom is -0.483 e. The quantitative estimate of drug-likeness (QED) is 0.225. The molecular formula is C36H46N4O6S2. The molecule has 10 nitrogen and oxygen atoms in total. The van der Waals surface area contributed by atoms with Crippen LogP contribution < -0.4 is 21.1 Å². The van der Waals surface area contributed by atoms with E-state index >= 15 is 0 Å². The highest BCUT2D eigenvalue weighted by molar-refractivity contribution is 8.00. The Balaban J connectivity index is 1.53. The molecule has 0 aliphatic carbocycles. The minimum atomic E-state index is -1.41. The highest BCUT2D eigenvalue weighted by atomic mass is 32.2. The van der Waals surface area contributed by atoms with Gasteiger partial charge in [-0.25, -0.2) is 4.79 Å². The van der Waals surface area contributed by atoms with Gasteiger partial charge in [-0.2, -0.15) is 11.8 Å². The summed E-state index contributed by atoms with van der Waals surface area (Å²) in [5, 5.41) is 7.54. The third-order valence-corrected chi connectivity index (χ3v) is 9.87. The fourth-order valence-corrected chi connectivity index (χ4v) is 7.26. The molecule has 0 aromatic heterocycles. The van der Waals surface area contributed by atoms with E-state index in [0.29, 0.717) is 5.75 Å². The summed E-state index contributed by atoms with van der Waals surface area (Å²) < 4.78 is 11.1. The molecule has 3 aromatic rings. The van der Waals surface area contributed by atoms with Crippen molar-refractivity contribution in [2.45, 2.75) is 75.6 Å². The van der Waals surface area contributed by atoms with Gasteiger partial charge in [-0.15, -0.1) is 11.8 Å². The predicted octanol–water partition coefficient (Wildman–Crippen LogP) is 4.14. The van der Waals surface area contributed by atoms with Crippen molar-refractivity contribution in [3.8, 4) is 5.75 Å². The first-order chi connectivity index (χ1) is 22.7. The smallest absolute Gasteiger partial charge is 0.330 e. The number of nitrogens with one attached hydrogen (secondary N) is 2.